The Kier molecular flexibility index (Phi) is 6.49. The molecule has 1 fully saturated rings. The van der Waals surface area contributed by atoms with Crippen LogP contribution in [0.4, 0.5) is 0 Å². The van der Waals surface area contributed by atoms with Gasteiger partial charge < -0.3 is 4.74 Å². The van der Waals surface area contributed by atoms with Gasteiger partial charge in [-0.3, -0.25) is 0 Å². The molecule has 1 aromatic carbocycles. The first-order valence-corrected chi connectivity index (χ1v) is 9.29. The summed E-state index contributed by atoms with van der Waals surface area (Å²) in [5, 5.41) is 0.973. The molecule has 1 aliphatic heterocycles. The summed E-state index contributed by atoms with van der Waals surface area (Å²) < 4.78 is 34.0. The minimum absolute atomic E-state index is 0.143. The van der Waals surface area contributed by atoms with Crippen molar-refractivity contribution in [3.63, 3.8) is 0 Å². The number of halogens is 2. The van der Waals surface area contributed by atoms with Crippen molar-refractivity contribution in [1.82, 2.24) is 9.03 Å². The lowest BCUT2D eigenvalue weighted by Crippen LogP contribution is -2.46. The lowest BCUT2D eigenvalue weighted by molar-refractivity contribution is 0.118. The number of hydrogen-bond acceptors (Lipinski definition) is 3. The van der Waals surface area contributed by atoms with Gasteiger partial charge in [-0.05, 0) is 36.5 Å². The van der Waals surface area contributed by atoms with Crippen LogP contribution in [0.15, 0.2) is 18.2 Å². The minimum Gasteiger partial charge on any atom is -0.384 e. The van der Waals surface area contributed by atoms with Crippen molar-refractivity contribution in [3.05, 3.63) is 33.8 Å². The van der Waals surface area contributed by atoms with E-state index in [1.165, 1.54) is 4.31 Å². The summed E-state index contributed by atoms with van der Waals surface area (Å²) in [6.45, 7) is 1.74. The molecule has 2 rings (SSSR count). The SMILES string of the molecule is COCC1CCCN(S(=O)(=O)NCc2ccc(Cl)cc2Cl)C1. The van der Waals surface area contributed by atoms with Crippen LogP contribution in [0.1, 0.15) is 18.4 Å². The quantitative estimate of drug-likeness (QED) is 0.841. The predicted molar refractivity (Wildman–Crippen MR) is 88.4 cm³/mol. The summed E-state index contributed by atoms with van der Waals surface area (Å²) in [4.78, 5) is 0. The topological polar surface area (TPSA) is 58.6 Å². The normalized spacial score (nSPS) is 20.2. The van der Waals surface area contributed by atoms with E-state index in [4.69, 9.17) is 27.9 Å². The van der Waals surface area contributed by atoms with Gasteiger partial charge in [0.2, 0.25) is 0 Å². The van der Waals surface area contributed by atoms with E-state index in [1.807, 2.05) is 0 Å². The van der Waals surface area contributed by atoms with Crippen molar-refractivity contribution < 1.29 is 13.2 Å². The molecule has 0 aliphatic carbocycles. The largest absolute Gasteiger partial charge is 0.384 e. The zero-order valence-corrected chi connectivity index (χ0v) is 14.7. The van der Waals surface area contributed by atoms with Crippen LogP contribution in [0.2, 0.25) is 10.0 Å². The first-order valence-electron chi connectivity index (χ1n) is 7.10. The molecule has 124 valence electrons. The van der Waals surface area contributed by atoms with Crippen molar-refractivity contribution in [2.24, 2.45) is 5.92 Å². The lowest BCUT2D eigenvalue weighted by Gasteiger charge is -2.31. The standard InChI is InChI=1S/C14H20Cl2N2O3S/c1-21-10-11-3-2-6-18(9-11)22(19,20)17-8-12-4-5-13(15)7-14(12)16/h4-5,7,11,17H,2-3,6,8-10H2,1H3. The molecule has 0 saturated carbocycles. The Morgan fingerprint density at radius 2 is 2.18 bits per heavy atom. The molecule has 8 heteroatoms. The van der Waals surface area contributed by atoms with Gasteiger partial charge in [0.1, 0.15) is 0 Å². The fourth-order valence-corrected chi connectivity index (χ4v) is 4.31. The van der Waals surface area contributed by atoms with Gasteiger partial charge in [0.05, 0.1) is 6.61 Å². The van der Waals surface area contributed by atoms with Crippen molar-refractivity contribution in [1.29, 1.82) is 0 Å². The molecule has 0 amide bonds. The molecule has 1 saturated heterocycles. The Labute approximate surface area is 141 Å². The average Bonchev–Trinajstić information content (AvgIpc) is 2.47. The van der Waals surface area contributed by atoms with E-state index >= 15 is 0 Å². The molecule has 0 radical (unpaired) electrons. The highest BCUT2D eigenvalue weighted by Crippen LogP contribution is 2.22. The maximum absolute atomic E-state index is 12.4. The van der Waals surface area contributed by atoms with Gasteiger partial charge in [0.15, 0.2) is 0 Å². The van der Waals surface area contributed by atoms with E-state index in [1.54, 1.807) is 25.3 Å². The van der Waals surface area contributed by atoms with Gasteiger partial charge in [-0.1, -0.05) is 29.3 Å². The fraction of sp³-hybridized carbons (Fsp3) is 0.571. The number of methoxy groups -OCH3 is 1. The molecule has 0 spiro atoms. The molecule has 1 aliphatic rings. The lowest BCUT2D eigenvalue weighted by atomic mass is 10.0. The highest BCUT2D eigenvalue weighted by Gasteiger charge is 2.28. The van der Waals surface area contributed by atoms with Crippen LogP contribution in [-0.2, 0) is 21.5 Å². The van der Waals surface area contributed by atoms with Gasteiger partial charge in [0, 0.05) is 36.8 Å². The van der Waals surface area contributed by atoms with Crippen molar-refractivity contribution in [2.75, 3.05) is 26.8 Å². The van der Waals surface area contributed by atoms with Crippen LogP contribution < -0.4 is 4.72 Å². The molecule has 1 heterocycles. The third-order valence-electron chi connectivity index (χ3n) is 3.68. The molecule has 1 aromatic rings. The summed E-state index contributed by atoms with van der Waals surface area (Å²) in [6.07, 6.45) is 1.83. The Morgan fingerprint density at radius 1 is 1.41 bits per heavy atom. The van der Waals surface area contributed by atoms with Gasteiger partial charge >= 0.3 is 0 Å². The Hall–Kier alpha value is -0.370. The van der Waals surface area contributed by atoms with E-state index in [-0.39, 0.29) is 12.5 Å². The Bertz CT molecular complexity index is 608. The molecule has 1 unspecified atom stereocenters. The number of ether oxygens (including phenoxy) is 1. The number of piperidine rings is 1. The highest BCUT2D eigenvalue weighted by atomic mass is 35.5. The highest BCUT2D eigenvalue weighted by molar-refractivity contribution is 7.87. The molecule has 5 nitrogen and oxygen atoms in total. The van der Waals surface area contributed by atoms with Gasteiger partial charge in [-0.15, -0.1) is 0 Å². The predicted octanol–water partition coefficient (Wildman–Crippen LogP) is 2.69. The average molecular weight is 367 g/mol. The second-order valence-electron chi connectivity index (χ2n) is 5.38. The third-order valence-corrected chi connectivity index (χ3v) is 5.79. The summed E-state index contributed by atoms with van der Waals surface area (Å²) in [5.74, 6) is 0.245. The first-order chi connectivity index (χ1) is 10.4. The van der Waals surface area contributed by atoms with Crippen molar-refractivity contribution in [2.45, 2.75) is 19.4 Å². The van der Waals surface area contributed by atoms with Crippen LogP contribution in [0.25, 0.3) is 0 Å². The van der Waals surface area contributed by atoms with E-state index in [2.05, 4.69) is 4.72 Å². The van der Waals surface area contributed by atoms with Crippen LogP contribution in [0.3, 0.4) is 0 Å². The summed E-state index contributed by atoms with van der Waals surface area (Å²) in [5.41, 5.74) is 0.695. The molecule has 1 N–H and O–H groups in total. The number of nitrogens with one attached hydrogen (secondary N) is 1. The smallest absolute Gasteiger partial charge is 0.279 e. The Balaban J connectivity index is 1.98. The van der Waals surface area contributed by atoms with Gasteiger partial charge in [-0.2, -0.15) is 17.4 Å². The summed E-state index contributed by atoms with van der Waals surface area (Å²) in [7, 11) is -1.89. The van der Waals surface area contributed by atoms with Crippen molar-refractivity contribution >= 4 is 33.4 Å². The maximum atomic E-state index is 12.4. The molecule has 0 bridgehead atoms. The Morgan fingerprint density at radius 3 is 2.86 bits per heavy atom. The van der Waals surface area contributed by atoms with E-state index < -0.39 is 10.2 Å². The fourth-order valence-electron chi connectivity index (χ4n) is 2.54. The van der Waals surface area contributed by atoms with Gasteiger partial charge in [0.25, 0.3) is 10.2 Å². The monoisotopic (exact) mass is 366 g/mol. The zero-order valence-electron chi connectivity index (χ0n) is 12.4. The first kappa shape index (κ1) is 18.0. The zero-order chi connectivity index (χ0) is 16.2. The van der Waals surface area contributed by atoms with E-state index in [9.17, 15) is 8.42 Å². The summed E-state index contributed by atoms with van der Waals surface area (Å²) >= 11 is 11.9. The second kappa shape index (κ2) is 7.95. The number of hydrogen-bond donors (Lipinski definition) is 1. The van der Waals surface area contributed by atoms with Gasteiger partial charge in [-0.25, -0.2) is 0 Å². The van der Waals surface area contributed by atoms with Crippen LogP contribution in [0.5, 0.6) is 0 Å². The third kappa shape index (κ3) is 4.81. The van der Waals surface area contributed by atoms with Crippen LogP contribution in [0, 0.1) is 5.92 Å². The van der Waals surface area contributed by atoms with Crippen LogP contribution >= 0.6 is 23.2 Å². The second-order valence-corrected chi connectivity index (χ2v) is 7.98. The molecular weight excluding hydrogens is 347 g/mol. The molecule has 1 atom stereocenters. The maximum Gasteiger partial charge on any atom is 0.279 e. The number of rotatable bonds is 6. The van der Waals surface area contributed by atoms with E-state index in [0.29, 0.717) is 35.3 Å². The molecule has 22 heavy (non-hydrogen) atoms. The van der Waals surface area contributed by atoms with E-state index in [0.717, 1.165) is 12.8 Å². The molecular formula is C14H20Cl2N2O3S. The number of benzene rings is 1. The minimum atomic E-state index is -3.52. The van der Waals surface area contributed by atoms with Crippen LogP contribution in [-0.4, -0.2) is 39.5 Å². The molecule has 0 aromatic heterocycles. The van der Waals surface area contributed by atoms with Crippen molar-refractivity contribution in [3.8, 4) is 0 Å². The summed E-state index contributed by atoms with van der Waals surface area (Å²) in [6, 6.07) is 5.01. The number of nitrogens with zero attached hydrogens (tertiary/aromatic N) is 1.